The molecule has 6 heteroatoms. The summed E-state index contributed by atoms with van der Waals surface area (Å²) in [6.07, 6.45) is 3.13. The fraction of sp³-hybridized carbons (Fsp3) is 0.176. The van der Waals surface area contributed by atoms with E-state index < -0.39 is 0 Å². The van der Waals surface area contributed by atoms with Crippen molar-refractivity contribution in [2.24, 2.45) is 0 Å². The molecule has 3 aromatic rings. The molecule has 0 spiro atoms. The van der Waals surface area contributed by atoms with Crippen LogP contribution in [0.1, 0.15) is 28.9 Å². The van der Waals surface area contributed by atoms with Crippen molar-refractivity contribution in [1.29, 1.82) is 0 Å². The van der Waals surface area contributed by atoms with Crippen LogP contribution in [0.2, 0.25) is 0 Å². The molecule has 0 fully saturated rings. The predicted octanol–water partition coefficient (Wildman–Crippen LogP) is 1.83. The lowest BCUT2D eigenvalue weighted by Gasteiger charge is -2.25. The number of para-hydroxylation sites is 1. The van der Waals surface area contributed by atoms with Crippen molar-refractivity contribution in [2.75, 3.05) is 0 Å². The zero-order chi connectivity index (χ0) is 16.1. The molecule has 23 heavy (non-hydrogen) atoms. The van der Waals surface area contributed by atoms with Gasteiger partial charge in [-0.15, -0.1) is 0 Å². The van der Waals surface area contributed by atoms with Crippen molar-refractivity contribution >= 4 is 23.6 Å². The van der Waals surface area contributed by atoms with Crippen LogP contribution in [-0.2, 0) is 11.2 Å². The molecule has 1 aliphatic heterocycles. The van der Waals surface area contributed by atoms with E-state index in [0.717, 1.165) is 22.9 Å². The Balaban J connectivity index is 2.18. The molecule has 0 saturated heterocycles. The van der Waals surface area contributed by atoms with E-state index in [1.54, 1.807) is 0 Å². The van der Waals surface area contributed by atoms with Gasteiger partial charge >= 0.3 is 0 Å². The predicted molar refractivity (Wildman–Crippen MR) is 85.4 cm³/mol. The van der Waals surface area contributed by atoms with E-state index in [-0.39, 0.29) is 17.2 Å². The van der Waals surface area contributed by atoms with Gasteiger partial charge in [-0.05, 0) is 25.0 Å². The lowest BCUT2D eigenvalue weighted by atomic mass is 9.98. The van der Waals surface area contributed by atoms with Gasteiger partial charge in [0.25, 0.3) is 5.56 Å². The van der Waals surface area contributed by atoms with Gasteiger partial charge in [0.2, 0.25) is 6.41 Å². The van der Waals surface area contributed by atoms with Crippen LogP contribution < -0.4 is 5.56 Å². The highest BCUT2D eigenvalue weighted by Crippen LogP contribution is 2.38. The van der Waals surface area contributed by atoms with Crippen LogP contribution in [0, 0.1) is 0 Å². The van der Waals surface area contributed by atoms with Gasteiger partial charge in [0, 0.05) is 17.6 Å². The average Bonchev–Trinajstić information content (AvgIpc) is 2.89. The number of hydrogen-bond donors (Lipinski definition) is 0. The zero-order valence-corrected chi connectivity index (χ0v) is 12.4. The minimum Gasteiger partial charge on any atom is -0.298 e. The number of nitrogens with zero attached hydrogens (tertiary/aromatic N) is 3. The van der Waals surface area contributed by atoms with Gasteiger partial charge in [-0.1, -0.05) is 18.2 Å². The number of carbonyl (C=O) groups excluding carboxylic acids is 2. The number of fused-ring (bicyclic) bond motifs is 5. The summed E-state index contributed by atoms with van der Waals surface area (Å²) in [6.45, 7) is 1.91. The van der Waals surface area contributed by atoms with E-state index in [2.05, 4.69) is 4.98 Å². The van der Waals surface area contributed by atoms with Gasteiger partial charge in [-0.2, -0.15) is 0 Å². The summed E-state index contributed by atoms with van der Waals surface area (Å²) >= 11 is 0. The molecule has 0 bridgehead atoms. The van der Waals surface area contributed by atoms with Crippen molar-refractivity contribution in [1.82, 2.24) is 14.1 Å². The van der Waals surface area contributed by atoms with Crippen LogP contribution in [0.4, 0.5) is 0 Å². The maximum absolute atomic E-state index is 12.5. The first-order valence-electron chi connectivity index (χ1n) is 7.31. The normalized spacial score (nSPS) is 16.0. The van der Waals surface area contributed by atoms with Gasteiger partial charge in [-0.25, -0.2) is 4.98 Å². The van der Waals surface area contributed by atoms with E-state index in [9.17, 15) is 14.4 Å². The topological polar surface area (TPSA) is 74.0 Å². The van der Waals surface area contributed by atoms with Crippen molar-refractivity contribution in [3.8, 4) is 11.5 Å². The maximum Gasteiger partial charge on any atom is 0.264 e. The molecule has 1 aromatic carbocycles. The van der Waals surface area contributed by atoms with Crippen LogP contribution in [0.5, 0.6) is 0 Å². The smallest absolute Gasteiger partial charge is 0.264 e. The molecule has 3 heterocycles. The summed E-state index contributed by atoms with van der Waals surface area (Å²) in [6, 6.07) is 7.49. The van der Waals surface area contributed by atoms with E-state index in [0.29, 0.717) is 24.2 Å². The number of hydrogen-bond acceptors (Lipinski definition) is 4. The SMILES string of the molecule is CC1Cc2c(n(C=O)c3ccccc23)-c2ncc(C=O)c(=O)n21. The van der Waals surface area contributed by atoms with Crippen LogP contribution >= 0.6 is 0 Å². The first kappa shape index (κ1) is 13.6. The van der Waals surface area contributed by atoms with E-state index >= 15 is 0 Å². The minimum absolute atomic E-state index is 0.0258. The Morgan fingerprint density at radius 2 is 2.04 bits per heavy atom. The van der Waals surface area contributed by atoms with Crippen molar-refractivity contribution < 1.29 is 9.59 Å². The Morgan fingerprint density at radius 3 is 2.78 bits per heavy atom. The van der Waals surface area contributed by atoms with Crippen LogP contribution in [0.15, 0.2) is 35.3 Å². The van der Waals surface area contributed by atoms with Gasteiger partial charge in [0.1, 0.15) is 0 Å². The molecule has 6 nitrogen and oxygen atoms in total. The molecule has 2 aromatic heterocycles. The largest absolute Gasteiger partial charge is 0.298 e. The molecule has 4 rings (SSSR count). The number of aromatic nitrogens is 3. The summed E-state index contributed by atoms with van der Waals surface area (Å²) in [5.74, 6) is 0.428. The van der Waals surface area contributed by atoms with Gasteiger partial charge in [0.15, 0.2) is 12.1 Å². The average molecular weight is 307 g/mol. The van der Waals surface area contributed by atoms with Crippen LogP contribution in [0.25, 0.3) is 22.4 Å². The standard InChI is InChI=1S/C17H13N3O3/c1-10-6-13-12-4-2-3-5-14(12)19(9-22)15(13)16-18-7-11(8-21)17(23)20(10)16/h2-5,7-10H,6H2,1H3. The first-order chi connectivity index (χ1) is 11.2. The molecule has 1 aliphatic rings. The first-order valence-corrected chi connectivity index (χ1v) is 7.31. The third kappa shape index (κ3) is 1.69. The number of aldehydes is 1. The fourth-order valence-corrected chi connectivity index (χ4v) is 3.43. The molecule has 1 unspecified atom stereocenters. The van der Waals surface area contributed by atoms with Gasteiger partial charge in [-0.3, -0.25) is 23.5 Å². The second-order valence-corrected chi connectivity index (χ2v) is 5.70. The second kappa shape index (κ2) is 4.74. The zero-order valence-electron chi connectivity index (χ0n) is 12.4. The summed E-state index contributed by atoms with van der Waals surface area (Å²) in [5, 5.41) is 0.987. The third-order valence-electron chi connectivity index (χ3n) is 4.42. The van der Waals surface area contributed by atoms with E-state index in [4.69, 9.17) is 0 Å². The maximum atomic E-state index is 12.5. The molecule has 0 saturated carbocycles. The molecule has 0 aliphatic carbocycles. The van der Waals surface area contributed by atoms with Gasteiger partial charge < -0.3 is 0 Å². The number of carbonyl (C=O) groups is 2. The van der Waals surface area contributed by atoms with Crippen molar-refractivity contribution in [2.45, 2.75) is 19.4 Å². The molecule has 0 N–H and O–H groups in total. The lowest BCUT2D eigenvalue weighted by molar-refractivity contribution is 0.112. The van der Waals surface area contributed by atoms with Crippen molar-refractivity contribution in [3.05, 3.63) is 51.9 Å². The molecule has 0 radical (unpaired) electrons. The molecule has 0 amide bonds. The molecular weight excluding hydrogens is 294 g/mol. The quantitative estimate of drug-likeness (QED) is 0.677. The summed E-state index contributed by atoms with van der Waals surface area (Å²) in [7, 11) is 0. The Kier molecular flexibility index (Phi) is 2.81. The Morgan fingerprint density at radius 1 is 1.26 bits per heavy atom. The van der Waals surface area contributed by atoms with Crippen LogP contribution in [-0.4, -0.2) is 26.8 Å². The van der Waals surface area contributed by atoms with Gasteiger partial charge in [0.05, 0.1) is 16.8 Å². The molecule has 1 atom stereocenters. The molecule has 114 valence electrons. The minimum atomic E-state index is -0.370. The summed E-state index contributed by atoms with van der Waals surface area (Å²) in [5.41, 5.74) is 2.09. The Labute approximate surface area is 131 Å². The van der Waals surface area contributed by atoms with E-state index in [1.165, 1.54) is 15.3 Å². The highest BCUT2D eigenvalue weighted by atomic mass is 16.1. The number of rotatable bonds is 2. The Bertz CT molecular complexity index is 1030. The van der Waals surface area contributed by atoms with Crippen molar-refractivity contribution in [3.63, 3.8) is 0 Å². The summed E-state index contributed by atoms with van der Waals surface area (Å²) in [4.78, 5) is 39.4. The fourth-order valence-electron chi connectivity index (χ4n) is 3.43. The monoisotopic (exact) mass is 307 g/mol. The highest BCUT2D eigenvalue weighted by Gasteiger charge is 2.30. The highest BCUT2D eigenvalue weighted by molar-refractivity contribution is 5.96. The Hall–Kier alpha value is -3.02. The molecular formula is C17H13N3O3. The summed E-state index contributed by atoms with van der Waals surface area (Å²) < 4.78 is 3.03. The number of benzene rings is 1. The van der Waals surface area contributed by atoms with E-state index in [1.807, 2.05) is 31.2 Å². The second-order valence-electron chi connectivity index (χ2n) is 5.70. The third-order valence-corrected chi connectivity index (χ3v) is 4.42. The van der Waals surface area contributed by atoms with Crippen LogP contribution in [0.3, 0.4) is 0 Å². The lowest BCUT2D eigenvalue weighted by Crippen LogP contribution is -2.32.